The molecule has 0 radical (unpaired) electrons. The number of esters is 1. The molecule has 0 bridgehead atoms. The van der Waals surface area contributed by atoms with Crippen LogP contribution in [0.5, 0.6) is 0 Å². The number of carbonyl (C=O) groups is 1. The van der Waals surface area contributed by atoms with Crippen LogP contribution in [0.3, 0.4) is 0 Å². The van der Waals surface area contributed by atoms with Gasteiger partial charge < -0.3 is 16.2 Å². The SMILES string of the molecule is COC(=O)c1cc(CN)ccc1N. The summed E-state index contributed by atoms with van der Waals surface area (Å²) in [5.41, 5.74) is 12.6. The molecule has 13 heavy (non-hydrogen) atoms. The van der Waals surface area contributed by atoms with Crippen molar-refractivity contribution < 1.29 is 9.53 Å². The highest BCUT2D eigenvalue weighted by atomic mass is 16.5. The second-order valence-corrected chi connectivity index (χ2v) is 2.62. The van der Waals surface area contributed by atoms with Crippen LogP contribution < -0.4 is 11.5 Å². The second-order valence-electron chi connectivity index (χ2n) is 2.62. The lowest BCUT2D eigenvalue weighted by Gasteiger charge is -2.05. The standard InChI is InChI=1S/C9H12N2O2/c1-13-9(12)7-4-6(5-10)2-3-8(7)11/h2-4H,5,10-11H2,1H3. The van der Waals surface area contributed by atoms with Gasteiger partial charge in [-0.05, 0) is 17.7 Å². The first-order valence-electron chi connectivity index (χ1n) is 3.86. The number of benzene rings is 1. The molecule has 0 heterocycles. The molecule has 0 saturated carbocycles. The number of nitrogens with two attached hydrogens (primary N) is 2. The Balaban J connectivity index is 3.11. The molecule has 0 aliphatic carbocycles. The first kappa shape index (κ1) is 9.54. The zero-order chi connectivity index (χ0) is 9.84. The van der Waals surface area contributed by atoms with Crippen LogP contribution in [0.15, 0.2) is 18.2 Å². The first-order chi connectivity index (χ1) is 6.19. The van der Waals surface area contributed by atoms with E-state index in [9.17, 15) is 4.79 Å². The molecule has 1 aromatic carbocycles. The summed E-state index contributed by atoms with van der Waals surface area (Å²) in [5, 5.41) is 0. The second kappa shape index (κ2) is 3.91. The molecule has 0 saturated heterocycles. The molecular formula is C9H12N2O2. The largest absolute Gasteiger partial charge is 0.465 e. The molecule has 0 aromatic heterocycles. The van der Waals surface area contributed by atoms with Gasteiger partial charge in [-0.2, -0.15) is 0 Å². The number of hydrogen-bond acceptors (Lipinski definition) is 4. The van der Waals surface area contributed by atoms with Gasteiger partial charge in [-0.15, -0.1) is 0 Å². The number of anilines is 1. The van der Waals surface area contributed by atoms with Crippen molar-refractivity contribution in [1.82, 2.24) is 0 Å². The van der Waals surface area contributed by atoms with E-state index < -0.39 is 5.97 Å². The van der Waals surface area contributed by atoms with E-state index in [1.165, 1.54) is 7.11 Å². The van der Waals surface area contributed by atoms with Crippen molar-refractivity contribution in [3.63, 3.8) is 0 Å². The summed E-state index contributed by atoms with van der Waals surface area (Å²) in [6, 6.07) is 5.07. The molecule has 0 amide bonds. The third kappa shape index (κ3) is 1.97. The maximum Gasteiger partial charge on any atom is 0.339 e. The number of methoxy groups -OCH3 is 1. The van der Waals surface area contributed by atoms with E-state index >= 15 is 0 Å². The van der Waals surface area contributed by atoms with Gasteiger partial charge in [0.25, 0.3) is 0 Å². The van der Waals surface area contributed by atoms with Gasteiger partial charge in [-0.3, -0.25) is 0 Å². The molecule has 0 unspecified atom stereocenters. The molecule has 1 aromatic rings. The number of rotatable bonds is 2. The average molecular weight is 180 g/mol. The number of ether oxygens (including phenoxy) is 1. The highest BCUT2D eigenvalue weighted by molar-refractivity contribution is 5.95. The summed E-state index contributed by atoms with van der Waals surface area (Å²) in [5.74, 6) is -0.437. The average Bonchev–Trinajstić information content (AvgIpc) is 2.17. The lowest BCUT2D eigenvalue weighted by molar-refractivity contribution is 0.0602. The number of carbonyl (C=O) groups excluding carboxylic acids is 1. The van der Waals surface area contributed by atoms with E-state index in [0.29, 0.717) is 17.8 Å². The van der Waals surface area contributed by atoms with Crippen LogP contribution in [0.2, 0.25) is 0 Å². The molecule has 0 aliphatic rings. The zero-order valence-electron chi connectivity index (χ0n) is 7.41. The molecule has 70 valence electrons. The fourth-order valence-corrected chi connectivity index (χ4v) is 1.02. The van der Waals surface area contributed by atoms with Crippen LogP contribution in [-0.4, -0.2) is 13.1 Å². The predicted molar refractivity (Wildman–Crippen MR) is 50.1 cm³/mol. The quantitative estimate of drug-likeness (QED) is 0.513. The zero-order valence-corrected chi connectivity index (χ0v) is 7.41. The van der Waals surface area contributed by atoms with Crippen LogP contribution in [0.1, 0.15) is 15.9 Å². The molecule has 0 aliphatic heterocycles. The Morgan fingerprint density at radius 1 is 1.54 bits per heavy atom. The van der Waals surface area contributed by atoms with E-state index in [2.05, 4.69) is 4.74 Å². The lowest BCUT2D eigenvalue weighted by atomic mass is 10.1. The first-order valence-corrected chi connectivity index (χ1v) is 3.86. The monoisotopic (exact) mass is 180 g/mol. The Morgan fingerprint density at radius 2 is 2.23 bits per heavy atom. The van der Waals surface area contributed by atoms with Gasteiger partial charge in [-0.1, -0.05) is 6.07 Å². The minimum Gasteiger partial charge on any atom is -0.465 e. The van der Waals surface area contributed by atoms with Crippen LogP contribution in [0.4, 0.5) is 5.69 Å². The van der Waals surface area contributed by atoms with Gasteiger partial charge in [0.1, 0.15) is 0 Å². The van der Waals surface area contributed by atoms with Crippen molar-refractivity contribution in [2.45, 2.75) is 6.54 Å². The summed E-state index contributed by atoms with van der Waals surface area (Å²) in [6.07, 6.45) is 0. The van der Waals surface area contributed by atoms with Crippen molar-refractivity contribution in [3.05, 3.63) is 29.3 Å². The fourth-order valence-electron chi connectivity index (χ4n) is 1.02. The van der Waals surface area contributed by atoms with Gasteiger partial charge in [0.2, 0.25) is 0 Å². The Morgan fingerprint density at radius 3 is 2.77 bits per heavy atom. The molecule has 0 spiro atoms. The predicted octanol–water partition coefficient (Wildman–Crippen LogP) is 0.514. The molecule has 4 N–H and O–H groups in total. The minimum absolute atomic E-state index is 0.366. The third-order valence-electron chi connectivity index (χ3n) is 1.76. The molecule has 0 atom stereocenters. The van der Waals surface area contributed by atoms with Crippen molar-refractivity contribution in [1.29, 1.82) is 0 Å². The van der Waals surface area contributed by atoms with Crippen LogP contribution in [0, 0.1) is 0 Å². The topological polar surface area (TPSA) is 78.3 Å². The molecule has 1 rings (SSSR count). The van der Waals surface area contributed by atoms with E-state index in [4.69, 9.17) is 11.5 Å². The lowest BCUT2D eigenvalue weighted by Crippen LogP contribution is -2.07. The van der Waals surface area contributed by atoms with Gasteiger partial charge in [0.15, 0.2) is 0 Å². The smallest absolute Gasteiger partial charge is 0.339 e. The van der Waals surface area contributed by atoms with Crippen LogP contribution in [-0.2, 0) is 11.3 Å². The Labute approximate surface area is 76.5 Å². The van der Waals surface area contributed by atoms with E-state index in [1.807, 2.05) is 0 Å². The molecule has 4 nitrogen and oxygen atoms in total. The van der Waals surface area contributed by atoms with E-state index in [1.54, 1.807) is 18.2 Å². The van der Waals surface area contributed by atoms with Crippen molar-refractivity contribution in [2.24, 2.45) is 5.73 Å². The molecule has 0 fully saturated rings. The van der Waals surface area contributed by atoms with Crippen molar-refractivity contribution in [2.75, 3.05) is 12.8 Å². The van der Waals surface area contributed by atoms with Gasteiger partial charge >= 0.3 is 5.97 Å². The maximum absolute atomic E-state index is 11.2. The van der Waals surface area contributed by atoms with E-state index in [0.717, 1.165) is 5.56 Å². The summed E-state index contributed by atoms with van der Waals surface area (Å²) in [7, 11) is 1.32. The normalized spacial score (nSPS) is 9.69. The summed E-state index contributed by atoms with van der Waals surface area (Å²) in [4.78, 5) is 11.2. The Bertz CT molecular complexity index is 323. The van der Waals surface area contributed by atoms with Crippen LogP contribution in [0.25, 0.3) is 0 Å². The highest BCUT2D eigenvalue weighted by Gasteiger charge is 2.09. The minimum atomic E-state index is -0.437. The number of nitrogen functional groups attached to an aromatic ring is 1. The highest BCUT2D eigenvalue weighted by Crippen LogP contribution is 2.14. The Kier molecular flexibility index (Phi) is 2.87. The van der Waals surface area contributed by atoms with Gasteiger partial charge in [0.05, 0.1) is 12.7 Å². The summed E-state index contributed by atoms with van der Waals surface area (Å²) < 4.78 is 4.56. The van der Waals surface area contributed by atoms with Gasteiger partial charge in [0, 0.05) is 12.2 Å². The summed E-state index contributed by atoms with van der Waals surface area (Å²) in [6.45, 7) is 0.379. The van der Waals surface area contributed by atoms with Crippen LogP contribution >= 0.6 is 0 Å². The Hall–Kier alpha value is -1.55. The third-order valence-corrected chi connectivity index (χ3v) is 1.76. The fraction of sp³-hybridized carbons (Fsp3) is 0.222. The maximum atomic E-state index is 11.2. The van der Waals surface area contributed by atoms with E-state index in [-0.39, 0.29) is 0 Å². The number of hydrogen-bond donors (Lipinski definition) is 2. The molecule has 4 heteroatoms. The van der Waals surface area contributed by atoms with Crippen molar-refractivity contribution in [3.8, 4) is 0 Å². The van der Waals surface area contributed by atoms with Gasteiger partial charge in [-0.25, -0.2) is 4.79 Å². The van der Waals surface area contributed by atoms with Crippen molar-refractivity contribution >= 4 is 11.7 Å². The summed E-state index contributed by atoms with van der Waals surface area (Å²) >= 11 is 0. The molecular weight excluding hydrogens is 168 g/mol.